The molecule has 0 spiro atoms. The van der Waals surface area contributed by atoms with Crippen LogP contribution in [0.15, 0.2) is 40.6 Å². The zero-order chi connectivity index (χ0) is 20.9. The van der Waals surface area contributed by atoms with Crippen LogP contribution < -0.4 is 10.6 Å². The van der Waals surface area contributed by atoms with Crippen LogP contribution in [0.3, 0.4) is 0 Å². The minimum absolute atomic E-state index is 0.0719. The van der Waals surface area contributed by atoms with Gasteiger partial charge in [-0.3, -0.25) is 14.9 Å². The van der Waals surface area contributed by atoms with Crippen molar-refractivity contribution in [2.24, 2.45) is 0 Å². The average Bonchev–Trinajstić information content (AvgIpc) is 3.15. The van der Waals surface area contributed by atoms with Gasteiger partial charge in [-0.2, -0.15) is 0 Å². The Balaban J connectivity index is 2.16. The first-order chi connectivity index (χ1) is 13.2. The zero-order valence-corrected chi connectivity index (χ0v) is 17.0. The number of hydrogen-bond acceptors (Lipinski definition) is 7. The van der Waals surface area contributed by atoms with Gasteiger partial charge in [0.05, 0.1) is 17.6 Å². The third-order valence-electron chi connectivity index (χ3n) is 3.81. The van der Waals surface area contributed by atoms with Crippen molar-refractivity contribution >= 4 is 44.3 Å². The number of anilines is 1. The van der Waals surface area contributed by atoms with Crippen LogP contribution in [-0.2, 0) is 14.8 Å². The summed E-state index contributed by atoms with van der Waals surface area (Å²) in [6, 6.07) is 6.90. The first-order valence-electron chi connectivity index (χ1n) is 8.05. The molecule has 0 radical (unpaired) electrons. The molecule has 3 amide bonds. The van der Waals surface area contributed by atoms with E-state index in [9.17, 15) is 22.8 Å². The van der Waals surface area contributed by atoms with Crippen molar-refractivity contribution in [3.8, 4) is 0 Å². The third kappa shape index (κ3) is 4.74. The zero-order valence-electron chi connectivity index (χ0n) is 15.4. The number of nitrogens with zero attached hydrogens (tertiary/aromatic N) is 1. The minimum atomic E-state index is -3.61. The second-order valence-electron chi connectivity index (χ2n) is 5.51. The van der Waals surface area contributed by atoms with Crippen LogP contribution in [0, 0.1) is 0 Å². The van der Waals surface area contributed by atoms with Gasteiger partial charge in [-0.25, -0.2) is 17.5 Å². The number of benzene rings is 1. The number of ether oxygens (including phenoxy) is 1. The topological polar surface area (TPSA) is 122 Å². The highest BCUT2D eigenvalue weighted by Gasteiger charge is 2.21. The maximum atomic E-state index is 12.4. The Labute approximate surface area is 166 Å². The summed E-state index contributed by atoms with van der Waals surface area (Å²) in [5, 5.41) is 6.41. The van der Waals surface area contributed by atoms with Gasteiger partial charge in [0.25, 0.3) is 11.8 Å². The normalized spacial score (nSPS) is 11.1. The van der Waals surface area contributed by atoms with Crippen molar-refractivity contribution in [3.05, 3.63) is 46.8 Å². The van der Waals surface area contributed by atoms with Gasteiger partial charge in [0, 0.05) is 19.2 Å². The third-order valence-corrected chi connectivity index (χ3v) is 6.58. The van der Waals surface area contributed by atoms with E-state index in [0.29, 0.717) is 6.54 Å². The second kappa shape index (κ2) is 8.95. The van der Waals surface area contributed by atoms with E-state index in [1.165, 1.54) is 41.7 Å². The molecule has 1 heterocycles. The van der Waals surface area contributed by atoms with Gasteiger partial charge in [-0.1, -0.05) is 6.92 Å². The molecule has 0 aliphatic heterocycles. The molecule has 1 aromatic heterocycles. The highest BCUT2D eigenvalue weighted by atomic mass is 32.2. The standard InChI is InChI=1S/C17H19N3O6S2/c1-4-20(2)28(24,25)12-7-5-11(6-8-12)14(21)18-16-13(9-10-27-16)15(22)19-17(23)26-3/h5-10H,4H2,1-3H3,(H,18,21)(H,19,22,23). The Kier molecular flexibility index (Phi) is 6.89. The number of imide groups is 1. The van der Waals surface area contributed by atoms with E-state index in [0.717, 1.165) is 18.4 Å². The highest BCUT2D eigenvalue weighted by Crippen LogP contribution is 2.24. The number of methoxy groups -OCH3 is 1. The van der Waals surface area contributed by atoms with Gasteiger partial charge in [0.15, 0.2) is 0 Å². The maximum absolute atomic E-state index is 12.4. The average molecular weight is 425 g/mol. The first kappa shape index (κ1) is 21.5. The number of hydrogen-bond donors (Lipinski definition) is 2. The number of nitrogens with one attached hydrogen (secondary N) is 2. The van der Waals surface area contributed by atoms with Gasteiger partial charge in [0.2, 0.25) is 10.0 Å². The van der Waals surface area contributed by atoms with E-state index in [2.05, 4.69) is 10.1 Å². The van der Waals surface area contributed by atoms with E-state index in [-0.39, 0.29) is 21.0 Å². The monoisotopic (exact) mass is 425 g/mol. The summed E-state index contributed by atoms with van der Waals surface area (Å²) in [6.07, 6.45) is -0.915. The number of sulfonamides is 1. The number of carbonyl (C=O) groups excluding carboxylic acids is 3. The van der Waals surface area contributed by atoms with Gasteiger partial charge in [0.1, 0.15) is 5.00 Å². The van der Waals surface area contributed by atoms with E-state index < -0.39 is 27.9 Å². The lowest BCUT2D eigenvalue weighted by molar-refractivity contribution is 0.0938. The summed E-state index contributed by atoms with van der Waals surface area (Å²) in [5.41, 5.74) is 0.318. The molecule has 11 heteroatoms. The Hall–Kier alpha value is -2.76. The van der Waals surface area contributed by atoms with E-state index in [1.54, 1.807) is 12.3 Å². The molecule has 28 heavy (non-hydrogen) atoms. The predicted molar refractivity (Wildman–Crippen MR) is 104 cm³/mol. The minimum Gasteiger partial charge on any atom is -0.453 e. The van der Waals surface area contributed by atoms with E-state index >= 15 is 0 Å². The van der Waals surface area contributed by atoms with Crippen LogP contribution in [-0.4, -0.2) is 51.3 Å². The Morgan fingerprint density at radius 3 is 2.32 bits per heavy atom. The molecule has 150 valence electrons. The Bertz CT molecular complexity index is 983. The lowest BCUT2D eigenvalue weighted by atomic mass is 10.2. The Morgan fingerprint density at radius 1 is 1.11 bits per heavy atom. The molecule has 0 aliphatic carbocycles. The molecule has 1 aromatic carbocycles. The number of alkyl carbamates (subject to hydrolysis) is 1. The fraction of sp³-hybridized carbons (Fsp3) is 0.235. The van der Waals surface area contributed by atoms with Gasteiger partial charge in [-0.05, 0) is 35.7 Å². The summed E-state index contributed by atoms with van der Waals surface area (Å²) in [6.45, 7) is 2.04. The number of carbonyl (C=O) groups is 3. The van der Waals surface area contributed by atoms with Crippen LogP contribution in [0.25, 0.3) is 0 Å². The molecule has 2 rings (SSSR count). The first-order valence-corrected chi connectivity index (χ1v) is 10.4. The van der Waals surface area contributed by atoms with Crippen molar-refractivity contribution in [3.63, 3.8) is 0 Å². The molecule has 2 N–H and O–H groups in total. The van der Waals surface area contributed by atoms with E-state index in [1.807, 2.05) is 5.32 Å². The van der Waals surface area contributed by atoms with Crippen LogP contribution in [0.2, 0.25) is 0 Å². The second-order valence-corrected chi connectivity index (χ2v) is 8.47. The summed E-state index contributed by atoms with van der Waals surface area (Å²) in [7, 11) is -1.01. The van der Waals surface area contributed by atoms with Gasteiger partial charge >= 0.3 is 6.09 Å². The molecule has 0 saturated heterocycles. The SMILES string of the molecule is CCN(C)S(=O)(=O)c1ccc(C(=O)Nc2sccc2C(=O)NC(=O)OC)cc1. The van der Waals surface area contributed by atoms with Crippen molar-refractivity contribution < 1.29 is 27.5 Å². The van der Waals surface area contributed by atoms with E-state index in [4.69, 9.17) is 0 Å². The summed E-state index contributed by atoms with van der Waals surface area (Å²) >= 11 is 1.10. The molecule has 9 nitrogen and oxygen atoms in total. The number of rotatable bonds is 6. The highest BCUT2D eigenvalue weighted by molar-refractivity contribution is 7.89. The summed E-state index contributed by atoms with van der Waals surface area (Å²) in [5.74, 6) is -1.24. The van der Waals surface area contributed by atoms with Gasteiger partial charge in [-0.15, -0.1) is 11.3 Å². The Morgan fingerprint density at radius 2 is 1.75 bits per heavy atom. The van der Waals surface area contributed by atoms with Crippen molar-refractivity contribution in [2.45, 2.75) is 11.8 Å². The maximum Gasteiger partial charge on any atom is 0.413 e. The predicted octanol–water partition coefficient (Wildman–Crippen LogP) is 2.14. The lowest BCUT2D eigenvalue weighted by Crippen LogP contribution is -2.30. The van der Waals surface area contributed by atoms with Crippen LogP contribution in [0.4, 0.5) is 9.80 Å². The molecule has 0 bridgehead atoms. The fourth-order valence-electron chi connectivity index (χ4n) is 2.10. The molecular formula is C17H19N3O6S2. The molecule has 0 fully saturated rings. The molecular weight excluding hydrogens is 406 g/mol. The number of thiophene rings is 1. The molecule has 0 saturated carbocycles. The molecule has 0 aliphatic rings. The molecule has 0 unspecified atom stereocenters. The van der Waals surface area contributed by atoms with Crippen LogP contribution in [0.5, 0.6) is 0 Å². The lowest BCUT2D eigenvalue weighted by Gasteiger charge is -2.15. The summed E-state index contributed by atoms with van der Waals surface area (Å²) < 4.78 is 30.1. The van der Waals surface area contributed by atoms with Crippen LogP contribution >= 0.6 is 11.3 Å². The number of amides is 3. The van der Waals surface area contributed by atoms with Gasteiger partial charge < -0.3 is 10.1 Å². The largest absolute Gasteiger partial charge is 0.453 e. The summed E-state index contributed by atoms with van der Waals surface area (Å²) in [4.78, 5) is 35.7. The molecule has 0 atom stereocenters. The van der Waals surface area contributed by atoms with Crippen LogP contribution in [0.1, 0.15) is 27.6 Å². The smallest absolute Gasteiger partial charge is 0.413 e. The molecule has 2 aromatic rings. The van der Waals surface area contributed by atoms with Crippen molar-refractivity contribution in [1.29, 1.82) is 0 Å². The quantitative estimate of drug-likeness (QED) is 0.731. The fourth-order valence-corrected chi connectivity index (χ4v) is 4.06. The van der Waals surface area contributed by atoms with Crippen molar-refractivity contribution in [2.75, 3.05) is 26.0 Å². The van der Waals surface area contributed by atoms with Crippen molar-refractivity contribution in [1.82, 2.24) is 9.62 Å².